The number of aliphatic hydroxyl groups is 1. The molecule has 0 saturated carbocycles. The van der Waals surface area contributed by atoms with Crippen molar-refractivity contribution in [3.63, 3.8) is 0 Å². The second-order valence-electron chi connectivity index (χ2n) is 6.16. The number of aromatic nitrogens is 2. The molecular formula is C15H28N6O3. The Morgan fingerprint density at radius 3 is 2.75 bits per heavy atom. The van der Waals surface area contributed by atoms with Crippen molar-refractivity contribution in [1.82, 2.24) is 25.7 Å². The first-order valence-electron chi connectivity index (χ1n) is 8.32. The summed E-state index contributed by atoms with van der Waals surface area (Å²) in [6.45, 7) is 10.7. The first-order valence-corrected chi connectivity index (χ1v) is 8.32. The van der Waals surface area contributed by atoms with E-state index in [4.69, 9.17) is 9.26 Å². The second-order valence-corrected chi connectivity index (χ2v) is 6.16. The van der Waals surface area contributed by atoms with Crippen LogP contribution in [0.4, 0.5) is 0 Å². The monoisotopic (exact) mass is 340 g/mol. The molecule has 2 heterocycles. The van der Waals surface area contributed by atoms with Crippen LogP contribution in [-0.4, -0.2) is 77.6 Å². The van der Waals surface area contributed by atoms with Crippen molar-refractivity contribution in [3.05, 3.63) is 11.7 Å². The summed E-state index contributed by atoms with van der Waals surface area (Å²) in [5, 5.41) is 20.7. The number of aryl methyl sites for hydroxylation is 1. The maximum Gasteiger partial charge on any atom is 0.223 e. The van der Waals surface area contributed by atoms with Crippen LogP contribution in [0.1, 0.15) is 25.6 Å². The van der Waals surface area contributed by atoms with Gasteiger partial charge in [0.1, 0.15) is 6.54 Å². The van der Waals surface area contributed by atoms with Crippen molar-refractivity contribution in [2.24, 2.45) is 4.99 Å². The number of rotatable bonds is 7. The van der Waals surface area contributed by atoms with Gasteiger partial charge in [-0.3, -0.25) is 4.90 Å². The number of aliphatic imine (C=N–C) groups is 1. The Balaban J connectivity index is 1.84. The van der Waals surface area contributed by atoms with Crippen LogP contribution in [0, 0.1) is 6.92 Å². The standard InChI is InChI=1S/C15H28N6O3/c1-4-16-14(17-9-13-19-12(2)24-20-13)18-10-15(3,22)11-21-5-7-23-8-6-21/h22H,4-11H2,1-3H3,(H2,16,17,18). The number of guanidine groups is 1. The van der Waals surface area contributed by atoms with Gasteiger partial charge in [0.25, 0.3) is 0 Å². The molecule has 24 heavy (non-hydrogen) atoms. The Bertz CT molecular complexity index is 525. The molecule has 1 atom stereocenters. The number of β-amino-alcohol motifs (C(OH)–C–C–N with tert-alkyl or cyclic N) is 1. The summed E-state index contributed by atoms with van der Waals surface area (Å²) in [6, 6.07) is 0. The second kappa shape index (κ2) is 8.95. The summed E-state index contributed by atoms with van der Waals surface area (Å²) in [6.07, 6.45) is 0. The van der Waals surface area contributed by atoms with E-state index in [1.807, 2.05) is 13.8 Å². The fraction of sp³-hybridized carbons (Fsp3) is 0.800. The van der Waals surface area contributed by atoms with Crippen molar-refractivity contribution in [2.45, 2.75) is 32.9 Å². The molecule has 0 bridgehead atoms. The molecule has 0 spiro atoms. The number of hydrogen-bond donors (Lipinski definition) is 3. The highest BCUT2D eigenvalue weighted by atomic mass is 16.5. The van der Waals surface area contributed by atoms with Crippen LogP contribution in [0.5, 0.6) is 0 Å². The van der Waals surface area contributed by atoms with Gasteiger partial charge in [0.15, 0.2) is 11.8 Å². The summed E-state index contributed by atoms with van der Waals surface area (Å²) in [5.41, 5.74) is -0.865. The molecule has 0 aromatic carbocycles. The van der Waals surface area contributed by atoms with Crippen molar-refractivity contribution in [1.29, 1.82) is 0 Å². The van der Waals surface area contributed by atoms with Crippen LogP contribution in [0.15, 0.2) is 9.52 Å². The summed E-state index contributed by atoms with van der Waals surface area (Å²) >= 11 is 0. The summed E-state index contributed by atoms with van der Waals surface area (Å²) in [5.74, 6) is 1.67. The lowest BCUT2D eigenvalue weighted by Gasteiger charge is -2.34. The lowest BCUT2D eigenvalue weighted by molar-refractivity contribution is -0.0201. The van der Waals surface area contributed by atoms with Gasteiger partial charge in [0, 0.05) is 39.6 Å². The average molecular weight is 340 g/mol. The minimum Gasteiger partial charge on any atom is -0.387 e. The van der Waals surface area contributed by atoms with Crippen molar-refractivity contribution in [2.75, 3.05) is 45.9 Å². The molecule has 1 aliphatic rings. The van der Waals surface area contributed by atoms with Gasteiger partial charge >= 0.3 is 0 Å². The third kappa shape index (κ3) is 6.42. The van der Waals surface area contributed by atoms with E-state index in [0.29, 0.717) is 37.3 Å². The molecule has 9 nitrogen and oxygen atoms in total. The van der Waals surface area contributed by atoms with Gasteiger partial charge in [0.05, 0.1) is 18.8 Å². The third-order valence-corrected chi connectivity index (χ3v) is 3.60. The van der Waals surface area contributed by atoms with Crippen LogP contribution in [-0.2, 0) is 11.3 Å². The third-order valence-electron chi connectivity index (χ3n) is 3.60. The van der Waals surface area contributed by atoms with E-state index in [-0.39, 0.29) is 0 Å². The molecule has 1 unspecified atom stereocenters. The fourth-order valence-corrected chi connectivity index (χ4v) is 2.47. The van der Waals surface area contributed by atoms with Crippen molar-refractivity contribution < 1.29 is 14.4 Å². The van der Waals surface area contributed by atoms with E-state index in [1.54, 1.807) is 6.92 Å². The van der Waals surface area contributed by atoms with E-state index >= 15 is 0 Å². The van der Waals surface area contributed by atoms with E-state index in [9.17, 15) is 5.11 Å². The zero-order valence-corrected chi connectivity index (χ0v) is 14.7. The first-order chi connectivity index (χ1) is 11.5. The van der Waals surface area contributed by atoms with Gasteiger partial charge in [-0.2, -0.15) is 4.98 Å². The predicted molar refractivity (Wildman–Crippen MR) is 89.7 cm³/mol. The van der Waals surface area contributed by atoms with Gasteiger partial charge in [-0.25, -0.2) is 4.99 Å². The van der Waals surface area contributed by atoms with Crippen LogP contribution in [0.3, 0.4) is 0 Å². The molecule has 1 aromatic rings. The number of ether oxygens (including phenoxy) is 1. The topological polar surface area (TPSA) is 108 Å². The van der Waals surface area contributed by atoms with Crippen LogP contribution >= 0.6 is 0 Å². The molecule has 0 radical (unpaired) electrons. The Hall–Kier alpha value is -1.71. The minimum absolute atomic E-state index is 0.318. The SMILES string of the molecule is CCNC(=NCc1noc(C)n1)NCC(C)(O)CN1CCOCC1. The summed E-state index contributed by atoms with van der Waals surface area (Å²) < 4.78 is 10.3. The number of nitrogens with one attached hydrogen (secondary N) is 2. The minimum atomic E-state index is -0.865. The maximum absolute atomic E-state index is 10.6. The molecule has 1 fully saturated rings. The molecule has 1 saturated heterocycles. The summed E-state index contributed by atoms with van der Waals surface area (Å²) in [7, 11) is 0. The lowest BCUT2D eigenvalue weighted by Crippen LogP contribution is -2.52. The van der Waals surface area contributed by atoms with E-state index in [2.05, 4.69) is 30.7 Å². The van der Waals surface area contributed by atoms with E-state index in [0.717, 1.165) is 32.8 Å². The highest BCUT2D eigenvalue weighted by Gasteiger charge is 2.25. The zero-order chi connectivity index (χ0) is 17.4. The Kier molecular flexibility index (Phi) is 6.95. The Morgan fingerprint density at radius 2 is 2.12 bits per heavy atom. The van der Waals surface area contributed by atoms with Gasteiger partial charge in [-0.05, 0) is 13.8 Å². The van der Waals surface area contributed by atoms with E-state index < -0.39 is 5.60 Å². The van der Waals surface area contributed by atoms with Crippen molar-refractivity contribution >= 4 is 5.96 Å². The smallest absolute Gasteiger partial charge is 0.223 e. The molecule has 136 valence electrons. The zero-order valence-electron chi connectivity index (χ0n) is 14.7. The van der Waals surface area contributed by atoms with E-state index in [1.165, 1.54) is 0 Å². The number of hydrogen-bond acceptors (Lipinski definition) is 7. The normalized spacial score (nSPS) is 19.1. The predicted octanol–water partition coefficient (Wildman–Crippen LogP) is -0.484. The maximum atomic E-state index is 10.6. The highest BCUT2D eigenvalue weighted by Crippen LogP contribution is 2.07. The molecule has 1 aliphatic heterocycles. The molecule has 3 N–H and O–H groups in total. The van der Waals surface area contributed by atoms with Crippen LogP contribution < -0.4 is 10.6 Å². The molecule has 9 heteroatoms. The van der Waals surface area contributed by atoms with Gasteiger partial charge in [-0.15, -0.1) is 0 Å². The lowest BCUT2D eigenvalue weighted by atomic mass is 10.1. The Labute approximate surface area is 142 Å². The Morgan fingerprint density at radius 1 is 1.38 bits per heavy atom. The quantitative estimate of drug-likeness (QED) is 0.451. The number of nitrogens with zero attached hydrogens (tertiary/aromatic N) is 4. The van der Waals surface area contributed by atoms with Gasteiger partial charge in [0.2, 0.25) is 5.89 Å². The fourth-order valence-electron chi connectivity index (χ4n) is 2.47. The summed E-state index contributed by atoms with van der Waals surface area (Å²) in [4.78, 5) is 10.7. The number of morpholine rings is 1. The molecular weight excluding hydrogens is 312 g/mol. The first kappa shape index (κ1) is 18.6. The molecule has 0 amide bonds. The van der Waals surface area contributed by atoms with Gasteiger partial charge < -0.3 is 25.0 Å². The highest BCUT2D eigenvalue weighted by molar-refractivity contribution is 5.79. The average Bonchev–Trinajstić information content (AvgIpc) is 2.96. The van der Waals surface area contributed by atoms with Crippen molar-refractivity contribution in [3.8, 4) is 0 Å². The largest absolute Gasteiger partial charge is 0.387 e. The molecule has 2 rings (SSSR count). The van der Waals surface area contributed by atoms with Gasteiger partial charge in [-0.1, -0.05) is 5.16 Å². The molecule has 1 aromatic heterocycles. The van der Waals surface area contributed by atoms with Crippen LogP contribution in [0.2, 0.25) is 0 Å². The molecule has 0 aliphatic carbocycles. The van der Waals surface area contributed by atoms with Crippen LogP contribution in [0.25, 0.3) is 0 Å².